The van der Waals surface area contributed by atoms with Crippen molar-refractivity contribution in [2.45, 2.75) is 51.7 Å². The third kappa shape index (κ3) is 3.52. The van der Waals surface area contributed by atoms with Gasteiger partial charge in [0.25, 0.3) is 0 Å². The molecule has 0 unspecified atom stereocenters. The number of carbonyl (C=O) groups excluding carboxylic acids is 1. The molecule has 0 saturated carbocycles. The number of rotatable bonds is 4. The number of fused-ring (bicyclic) bond motifs is 1. The Hall–Kier alpha value is -2.11. The number of hydrogen-bond donors (Lipinski definition) is 0. The van der Waals surface area contributed by atoms with Crippen LogP contribution in [0.15, 0.2) is 24.3 Å². The number of hydrogen-bond acceptors (Lipinski definition) is 2. The van der Waals surface area contributed by atoms with Gasteiger partial charge in [0.1, 0.15) is 5.78 Å². The topological polar surface area (TPSA) is 34.9 Å². The molecule has 2 aromatic rings. The zero-order chi connectivity index (χ0) is 17.3. The average Bonchev–Trinajstić information content (AvgIpc) is 2.88. The zero-order valence-corrected chi connectivity index (χ0v) is 13.5. The first-order chi connectivity index (χ1) is 11.3. The summed E-state index contributed by atoms with van der Waals surface area (Å²) in [5.41, 5.74) is 2.13. The van der Waals surface area contributed by atoms with Crippen molar-refractivity contribution in [1.82, 2.24) is 9.78 Å². The maximum atomic E-state index is 13.2. The number of alkyl halides is 3. The number of Topliss-reactive ketones (excluding diaryl/α,β-unsaturated/α-hetero) is 1. The van der Waals surface area contributed by atoms with Crippen LogP contribution in [0.5, 0.6) is 0 Å². The maximum absolute atomic E-state index is 13.2. The molecule has 0 N–H and O–H groups in total. The lowest BCUT2D eigenvalue weighted by molar-refractivity contribution is -0.142. The number of aromatic nitrogens is 2. The Labute approximate surface area is 138 Å². The van der Waals surface area contributed by atoms with Gasteiger partial charge in [0.2, 0.25) is 0 Å². The number of nitrogens with zero attached hydrogens (tertiary/aromatic N) is 2. The first-order valence-corrected chi connectivity index (χ1v) is 8.07. The van der Waals surface area contributed by atoms with Gasteiger partial charge in [0, 0.05) is 17.7 Å². The second-order valence-corrected chi connectivity index (χ2v) is 6.33. The van der Waals surface area contributed by atoms with Crippen molar-refractivity contribution in [1.29, 1.82) is 0 Å². The number of ketones is 1. The average molecular weight is 336 g/mol. The van der Waals surface area contributed by atoms with Crippen molar-refractivity contribution >= 4 is 5.78 Å². The lowest BCUT2D eigenvalue weighted by atomic mass is 9.95. The van der Waals surface area contributed by atoms with Gasteiger partial charge in [-0.1, -0.05) is 24.3 Å². The maximum Gasteiger partial charge on any atom is 0.435 e. The third-order valence-corrected chi connectivity index (χ3v) is 4.33. The molecular formula is C18H19F3N2O. The molecule has 0 fully saturated rings. The smallest absolute Gasteiger partial charge is 0.300 e. The van der Waals surface area contributed by atoms with Gasteiger partial charge in [-0.3, -0.25) is 9.48 Å². The van der Waals surface area contributed by atoms with Gasteiger partial charge in [-0.05, 0) is 43.7 Å². The minimum absolute atomic E-state index is 0.0821. The number of benzene rings is 1. The highest BCUT2D eigenvalue weighted by Crippen LogP contribution is 2.36. The van der Waals surface area contributed by atoms with Crippen LogP contribution in [0.25, 0.3) is 0 Å². The van der Waals surface area contributed by atoms with Gasteiger partial charge in [-0.25, -0.2) is 0 Å². The Kier molecular flexibility index (Phi) is 4.47. The van der Waals surface area contributed by atoms with Crippen LogP contribution in [0.2, 0.25) is 0 Å². The quantitative estimate of drug-likeness (QED) is 0.847. The number of carbonyl (C=O) groups is 1. The van der Waals surface area contributed by atoms with E-state index in [4.69, 9.17) is 0 Å². The molecule has 0 spiro atoms. The minimum atomic E-state index is -4.40. The van der Waals surface area contributed by atoms with Crippen LogP contribution >= 0.6 is 0 Å². The van der Waals surface area contributed by atoms with E-state index in [0.29, 0.717) is 37.1 Å². The Bertz CT molecular complexity index is 745. The lowest BCUT2D eigenvalue weighted by Gasteiger charge is -2.15. The van der Waals surface area contributed by atoms with Crippen molar-refractivity contribution in [2.75, 3.05) is 0 Å². The molecule has 1 aliphatic rings. The summed E-state index contributed by atoms with van der Waals surface area (Å²) < 4.78 is 41.1. The van der Waals surface area contributed by atoms with E-state index in [0.717, 1.165) is 24.0 Å². The summed E-state index contributed by atoms with van der Waals surface area (Å²) >= 11 is 0. The van der Waals surface area contributed by atoms with Crippen LogP contribution in [0, 0.1) is 0 Å². The Balaban J connectivity index is 1.87. The number of halogens is 3. The summed E-state index contributed by atoms with van der Waals surface area (Å²) in [6.07, 6.45) is -1.27. The zero-order valence-electron chi connectivity index (χ0n) is 13.5. The SMILES string of the molecule is CC(=O)Cc1ccc(Cn2nc(C(F)(F)F)c3c2CCCC3)cc1. The molecule has 1 aliphatic carbocycles. The summed E-state index contributed by atoms with van der Waals surface area (Å²) in [6, 6.07) is 7.39. The summed E-state index contributed by atoms with van der Waals surface area (Å²) in [5.74, 6) is 0.0821. The molecule has 6 heteroatoms. The molecular weight excluding hydrogens is 317 g/mol. The van der Waals surface area contributed by atoms with Crippen molar-refractivity contribution in [3.63, 3.8) is 0 Å². The highest BCUT2D eigenvalue weighted by molar-refractivity contribution is 5.78. The highest BCUT2D eigenvalue weighted by atomic mass is 19.4. The van der Waals surface area contributed by atoms with Crippen LogP contribution in [-0.4, -0.2) is 15.6 Å². The second kappa shape index (κ2) is 6.42. The summed E-state index contributed by atoms with van der Waals surface area (Å²) in [4.78, 5) is 11.1. The monoisotopic (exact) mass is 336 g/mol. The fraction of sp³-hybridized carbons (Fsp3) is 0.444. The van der Waals surface area contributed by atoms with Crippen molar-refractivity contribution in [3.8, 4) is 0 Å². The third-order valence-electron chi connectivity index (χ3n) is 4.33. The molecule has 1 aromatic carbocycles. The van der Waals surface area contributed by atoms with Gasteiger partial charge in [-0.2, -0.15) is 18.3 Å². The predicted octanol–water partition coefficient (Wildman–Crippen LogP) is 3.96. The van der Waals surface area contributed by atoms with Gasteiger partial charge in [-0.15, -0.1) is 0 Å². The van der Waals surface area contributed by atoms with Crippen molar-refractivity contribution in [2.24, 2.45) is 0 Å². The van der Waals surface area contributed by atoms with E-state index in [-0.39, 0.29) is 5.78 Å². The second-order valence-electron chi connectivity index (χ2n) is 6.33. The van der Waals surface area contributed by atoms with Gasteiger partial charge in [0.05, 0.1) is 6.54 Å². The summed E-state index contributed by atoms with van der Waals surface area (Å²) in [5, 5.41) is 3.87. The van der Waals surface area contributed by atoms with Gasteiger partial charge < -0.3 is 0 Å². The van der Waals surface area contributed by atoms with E-state index in [9.17, 15) is 18.0 Å². The van der Waals surface area contributed by atoms with E-state index in [1.54, 1.807) is 0 Å². The fourth-order valence-electron chi connectivity index (χ4n) is 3.25. The Morgan fingerprint density at radius 3 is 2.38 bits per heavy atom. The fourth-order valence-corrected chi connectivity index (χ4v) is 3.25. The Morgan fingerprint density at radius 2 is 1.75 bits per heavy atom. The van der Waals surface area contributed by atoms with E-state index in [2.05, 4.69) is 5.10 Å². The molecule has 128 valence electrons. The first-order valence-electron chi connectivity index (χ1n) is 8.07. The van der Waals surface area contributed by atoms with Crippen molar-refractivity contribution in [3.05, 3.63) is 52.3 Å². The Morgan fingerprint density at radius 1 is 1.12 bits per heavy atom. The van der Waals surface area contributed by atoms with Gasteiger partial charge in [0.15, 0.2) is 5.69 Å². The molecule has 3 rings (SSSR count). The van der Waals surface area contributed by atoms with E-state index in [1.807, 2.05) is 24.3 Å². The van der Waals surface area contributed by atoms with E-state index < -0.39 is 11.9 Å². The molecule has 0 amide bonds. The molecule has 24 heavy (non-hydrogen) atoms. The van der Waals surface area contributed by atoms with Crippen LogP contribution in [-0.2, 0) is 36.8 Å². The molecule has 3 nitrogen and oxygen atoms in total. The first kappa shape index (κ1) is 16.7. The summed E-state index contributed by atoms with van der Waals surface area (Å²) in [6.45, 7) is 1.85. The standard InChI is InChI=1S/C18H19F3N2O/c1-12(24)10-13-6-8-14(9-7-13)11-23-16-5-3-2-4-15(16)17(22-23)18(19,20)21/h6-9H,2-5,10-11H2,1H3. The van der Waals surface area contributed by atoms with E-state index >= 15 is 0 Å². The molecule has 0 saturated heterocycles. The molecule has 0 atom stereocenters. The molecule has 1 aromatic heterocycles. The van der Waals surface area contributed by atoms with Crippen LogP contribution in [0.1, 0.15) is 47.8 Å². The van der Waals surface area contributed by atoms with E-state index in [1.165, 1.54) is 11.6 Å². The molecule has 0 bridgehead atoms. The van der Waals surface area contributed by atoms with Crippen LogP contribution < -0.4 is 0 Å². The minimum Gasteiger partial charge on any atom is -0.300 e. The van der Waals surface area contributed by atoms with Crippen LogP contribution in [0.4, 0.5) is 13.2 Å². The van der Waals surface area contributed by atoms with Gasteiger partial charge >= 0.3 is 6.18 Å². The molecule has 1 heterocycles. The normalized spacial score (nSPS) is 14.5. The summed E-state index contributed by atoms with van der Waals surface area (Å²) in [7, 11) is 0. The largest absolute Gasteiger partial charge is 0.435 e. The predicted molar refractivity (Wildman–Crippen MR) is 83.8 cm³/mol. The highest BCUT2D eigenvalue weighted by Gasteiger charge is 2.39. The molecule has 0 radical (unpaired) electrons. The molecule has 0 aliphatic heterocycles. The van der Waals surface area contributed by atoms with Crippen molar-refractivity contribution < 1.29 is 18.0 Å². The lowest BCUT2D eigenvalue weighted by Crippen LogP contribution is -2.11. The van der Waals surface area contributed by atoms with Crippen LogP contribution in [0.3, 0.4) is 0 Å².